The van der Waals surface area contributed by atoms with Crippen molar-refractivity contribution in [2.75, 3.05) is 7.11 Å². The van der Waals surface area contributed by atoms with Gasteiger partial charge in [0, 0.05) is 18.0 Å². The van der Waals surface area contributed by atoms with Gasteiger partial charge in [0.15, 0.2) is 0 Å². The van der Waals surface area contributed by atoms with Gasteiger partial charge in [0.2, 0.25) is 0 Å². The van der Waals surface area contributed by atoms with Crippen LogP contribution >= 0.6 is 0 Å². The Hall–Kier alpha value is -1.54. The first-order valence-corrected chi connectivity index (χ1v) is 8.04. The van der Waals surface area contributed by atoms with Crippen LogP contribution in [0.2, 0.25) is 0 Å². The first-order chi connectivity index (χ1) is 10.3. The molecule has 0 heterocycles. The molecule has 0 saturated heterocycles. The number of rotatable bonds is 8. The molecule has 2 nitrogen and oxygen atoms in total. The van der Waals surface area contributed by atoms with Gasteiger partial charge in [-0.05, 0) is 30.4 Å². The summed E-state index contributed by atoms with van der Waals surface area (Å²) >= 11 is 0. The van der Waals surface area contributed by atoms with Crippen molar-refractivity contribution in [1.29, 1.82) is 0 Å². The zero-order valence-electron chi connectivity index (χ0n) is 13.5. The van der Waals surface area contributed by atoms with Crippen LogP contribution in [-0.2, 0) is 6.54 Å². The van der Waals surface area contributed by atoms with Gasteiger partial charge >= 0.3 is 0 Å². The summed E-state index contributed by atoms with van der Waals surface area (Å²) in [6.45, 7) is 5.45. The lowest BCUT2D eigenvalue weighted by Gasteiger charge is -2.15. The Morgan fingerprint density at radius 3 is 2.52 bits per heavy atom. The lowest BCUT2D eigenvalue weighted by atomic mass is 10.0. The first-order valence-electron chi connectivity index (χ1n) is 8.04. The van der Waals surface area contributed by atoms with Gasteiger partial charge in [-0.1, -0.05) is 56.5 Å². The minimum atomic E-state index is 0.567. The summed E-state index contributed by atoms with van der Waals surface area (Å²) in [6, 6.07) is 13.3. The zero-order valence-corrected chi connectivity index (χ0v) is 13.5. The van der Waals surface area contributed by atoms with Crippen molar-refractivity contribution >= 4 is 10.8 Å². The topological polar surface area (TPSA) is 21.3 Å². The van der Waals surface area contributed by atoms with Gasteiger partial charge < -0.3 is 10.1 Å². The summed E-state index contributed by atoms with van der Waals surface area (Å²) in [5.41, 5.74) is 1.34. The lowest BCUT2D eigenvalue weighted by Crippen LogP contribution is -2.25. The van der Waals surface area contributed by atoms with Gasteiger partial charge in [0.05, 0.1) is 7.11 Å². The molecule has 1 unspecified atom stereocenters. The van der Waals surface area contributed by atoms with E-state index in [-0.39, 0.29) is 0 Å². The van der Waals surface area contributed by atoms with Crippen molar-refractivity contribution in [1.82, 2.24) is 5.32 Å². The maximum atomic E-state index is 5.45. The van der Waals surface area contributed by atoms with Gasteiger partial charge in [0.1, 0.15) is 5.75 Å². The van der Waals surface area contributed by atoms with E-state index in [1.165, 1.54) is 42.0 Å². The fourth-order valence-corrected chi connectivity index (χ4v) is 2.75. The van der Waals surface area contributed by atoms with E-state index in [9.17, 15) is 0 Å². The molecule has 0 aliphatic carbocycles. The molecule has 1 N–H and O–H groups in total. The van der Waals surface area contributed by atoms with Crippen LogP contribution in [0.5, 0.6) is 5.75 Å². The summed E-state index contributed by atoms with van der Waals surface area (Å²) in [5, 5.41) is 6.12. The van der Waals surface area contributed by atoms with Gasteiger partial charge in [-0.15, -0.1) is 0 Å². The van der Waals surface area contributed by atoms with Crippen LogP contribution in [0.1, 0.15) is 45.1 Å². The molecule has 0 saturated carbocycles. The molecule has 2 aromatic rings. The number of fused-ring (bicyclic) bond motifs is 1. The van der Waals surface area contributed by atoms with E-state index in [2.05, 4.69) is 55.6 Å². The Labute approximate surface area is 128 Å². The molecule has 0 amide bonds. The minimum Gasteiger partial charge on any atom is -0.496 e. The van der Waals surface area contributed by atoms with Crippen molar-refractivity contribution in [3.8, 4) is 5.75 Å². The summed E-state index contributed by atoms with van der Waals surface area (Å²) in [4.78, 5) is 0. The van der Waals surface area contributed by atoms with E-state index in [4.69, 9.17) is 4.74 Å². The molecule has 114 valence electrons. The monoisotopic (exact) mass is 285 g/mol. The molecular weight excluding hydrogens is 258 g/mol. The highest BCUT2D eigenvalue weighted by atomic mass is 16.5. The zero-order chi connectivity index (χ0) is 15.1. The van der Waals surface area contributed by atoms with Crippen molar-refractivity contribution < 1.29 is 4.74 Å². The van der Waals surface area contributed by atoms with Crippen LogP contribution < -0.4 is 10.1 Å². The van der Waals surface area contributed by atoms with Crippen LogP contribution in [-0.4, -0.2) is 13.2 Å². The Bertz CT molecular complexity index is 564. The van der Waals surface area contributed by atoms with Crippen molar-refractivity contribution in [3.05, 3.63) is 42.0 Å². The summed E-state index contributed by atoms with van der Waals surface area (Å²) in [5.74, 6) is 0.949. The standard InChI is InChI=1S/C19H27NO/c1-4-5-6-9-15(2)20-14-16-12-13-19(21-3)18-11-8-7-10-17(16)18/h7-8,10-13,15,20H,4-6,9,14H2,1-3H3. The first kappa shape index (κ1) is 15.8. The molecule has 0 aliphatic rings. The third kappa shape index (κ3) is 4.21. The molecule has 0 bridgehead atoms. The third-order valence-electron chi connectivity index (χ3n) is 4.08. The molecule has 2 rings (SSSR count). The second-order valence-electron chi connectivity index (χ2n) is 5.75. The Morgan fingerprint density at radius 2 is 1.81 bits per heavy atom. The molecule has 1 atom stereocenters. The average molecular weight is 285 g/mol. The molecule has 0 spiro atoms. The Kier molecular flexibility index (Phi) is 6.06. The van der Waals surface area contributed by atoms with E-state index < -0.39 is 0 Å². The van der Waals surface area contributed by atoms with E-state index >= 15 is 0 Å². The van der Waals surface area contributed by atoms with Crippen molar-refractivity contribution in [2.45, 2.75) is 52.1 Å². The highest BCUT2D eigenvalue weighted by Gasteiger charge is 2.07. The number of nitrogens with one attached hydrogen (secondary N) is 1. The molecule has 21 heavy (non-hydrogen) atoms. The maximum Gasteiger partial charge on any atom is 0.126 e. The molecule has 0 aromatic heterocycles. The number of unbranched alkanes of at least 4 members (excludes halogenated alkanes) is 2. The van der Waals surface area contributed by atoms with Gasteiger partial charge in [0.25, 0.3) is 0 Å². The van der Waals surface area contributed by atoms with Crippen LogP contribution in [0, 0.1) is 0 Å². The van der Waals surface area contributed by atoms with Crippen LogP contribution in [0.25, 0.3) is 10.8 Å². The Balaban J connectivity index is 2.05. The second-order valence-corrected chi connectivity index (χ2v) is 5.75. The lowest BCUT2D eigenvalue weighted by molar-refractivity contribution is 0.419. The molecule has 2 aromatic carbocycles. The molecule has 2 heteroatoms. The minimum absolute atomic E-state index is 0.567. The molecular formula is C19H27NO. The molecule has 0 fully saturated rings. The summed E-state index contributed by atoms with van der Waals surface area (Å²) in [7, 11) is 1.73. The number of ether oxygens (including phenoxy) is 1. The van der Waals surface area contributed by atoms with Gasteiger partial charge in [-0.3, -0.25) is 0 Å². The van der Waals surface area contributed by atoms with Gasteiger partial charge in [-0.2, -0.15) is 0 Å². The second kappa shape index (κ2) is 8.04. The van der Waals surface area contributed by atoms with E-state index in [0.717, 1.165) is 12.3 Å². The quantitative estimate of drug-likeness (QED) is 0.696. The fourth-order valence-electron chi connectivity index (χ4n) is 2.75. The smallest absolute Gasteiger partial charge is 0.126 e. The number of hydrogen-bond acceptors (Lipinski definition) is 2. The highest BCUT2D eigenvalue weighted by Crippen LogP contribution is 2.28. The molecule has 0 aliphatic heterocycles. The Morgan fingerprint density at radius 1 is 1.05 bits per heavy atom. The maximum absolute atomic E-state index is 5.45. The predicted octanol–water partition coefficient (Wildman–Crippen LogP) is 4.91. The van der Waals surface area contributed by atoms with Crippen LogP contribution in [0.4, 0.5) is 0 Å². The normalized spacial score (nSPS) is 12.5. The molecule has 0 radical (unpaired) electrons. The van der Waals surface area contributed by atoms with Gasteiger partial charge in [-0.25, -0.2) is 0 Å². The SMILES string of the molecule is CCCCCC(C)NCc1ccc(OC)c2ccccc12. The highest BCUT2D eigenvalue weighted by molar-refractivity contribution is 5.91. The average Bonchev–Trinajstić information content (AvgIpc) is 2.52. The van der Waals surface area contributed by atoms with Crippen LogP contribution in [0.15, 0.2) is 36.4 Å². The number of hydrogen-bond donors (Lipinski definition) is 1. The number of methoxy groups -OCH3 is 1. The van der Waals surface area contributed by atoms with Crippen molar-refractivity contribution in [2.24, 2.45) is 0 Å². The predicted molar refractivity (Wildman–Crippen MR) is 90.9 cm³/mol. The van der Waals surface area contributed by atoms with Crippen molar-refractivity contribution in [3.63, 3.8) is 0 Å². The summed E-state index contributed by atoms with van der Waals surface area (Å²) < 4.78 is 5.45. The summed E-state index contributed by atoms with van der Waals surface area (Å²) in [6.07, 6.45) is 5.18. The van der Waals surface area contributed by atoms with E-state index in [0.29, 0.717) is 6.04 Å². The largest absolute Gasteiger partial charge is 0.496 e. The van der Waals surface area contributed by atoms with E-state index in [1.54, 1.807) is 7.11 Å². The van der Waals surface area contributed by atoms with Crippen LogP contribution in [0.3, 0.4) is 0 Å². The fraction of sp³-hybridized carbons (Fsp3) is 0.474. The number of benzene rings is 2. The van der Waals surface area contributed by atoms with E-state index in [1.807, 2.05) is 0 Å². The third-order valence-corrected chi connectivity index (χ3v) is 4.08.